The monoisotopic (exact) mass is 437 g/mol. The van der Waals surface area contributed by atoms with Crippen LogP contribution >= 0.6 is 15.9 Å². The van der Waals surface area contributed by atoms with Gasteiger partial charge in [0, 0.05) is 22.5 Å². The molecule has 2 heterocycles. The Labute approximate surface area is 168 Å². The predicted octanol–water partition coefficient (Wildman–Crippen LogP) is 3.65. The minimum atomic E-state index is -0.422. The molecule has 0 saturated heterocycles. The maximum absolute atomic E-state index is 13.0. The molecule has 8 heteroatoms. The van der Waals surface area contributed by atoms with Crippen molar-refractivity contribution in [2.45, 2.75) is 6.92 Å². The molecule has 28 heavy (non-hydrogen) atoms. The van der Waals surface area contributed by atoms with Gasteiger partial charge in [-0.25, -0.2) is 5.10 Å². The first-order valence-electron chi connectivity index (χ1n) is 8.54. The van der Waals surface area contributed by atoms with E-state index in [4.69, 9.17) is 0 Å². The summed E-state index contributed by atoms with van der Waals surface area (Å²) in [5.41, 5.74) is 2.37. The molecule has 2 N–H and O–H groups in total. The molecule has 1 amide bonds. The van der Waals surface area contributed by atoms with Gasteiger partial charge in [-0.15, -0.1) is 0 Å². The van der Waals surface area contributed by atoms with Gasteiger partial charge in [-0.1, -0.05) is 46.3 Å². The Kier molecular flexibility index (Phi) is 4.56. The molecular weight excluding hydrogens is 422 g/mol. The van der Waals surface area contributed by atoms with E-state index in [9.17, 15) is 9.59 Å². The van der Waals surface area contributed by atoms with E-state index >= 15 is 0 Å². The summed E-state index contributed by atoms with van der Waals surface area (Å²) in [6.07, 6.45) is 0. The molecule has 0 bridgehead atoms. The van der Waals surface area contributed by atoms with E-state index in [0.29, 0.717) is 16.6 Å². The van der Waals surface area contributed by atoms with Crippen molar-refractivity contribution < 1.29 is 4.79 Å². The Hall–Kier alpha value is -3.26. The zero-order chi connectivity index (χ0) is 19.8. The Balaban J connectivity index is 1.79. The van der Waals surface area contributed by atoms with Crippen molar-refractivity contribution in [3.05, 3.63) is 74.7 Å². The van der Waals surface area contributed by atoms with E-state index in [1.165, 1.54) is 0 Å². The molecule has 4 aromatic rings. The second kappa shape index (κ2) is 7.05. The Morgan fingerprint density at radius 1 is 1.11 bits per heavy atom. The molecular formula is C20H16BrN5O2. The summed E-state index contributed by atoms with van der Waals surface area (Å²) >= 11 is 3.43. The molecule has 7 nitrogen and oxygen atoms in total. The molecule has 0 fully saturated rings. The van der Waals surface area contributed by atoms with E-state index in [-0.39, 0.29) is 11.3 Å². The first-order valence-corrected chi connectivity index (χ1v) is 9.33. The molecule has 0 saturated carbocycles. The molecule has 2 aromatic heterocycles. The molecule has 0 unspecified atom stereocenters. The number of benzene rings is 2. The lowest BCUT2D eigenvalue weighted by atomic mass is 10.1. The van der Waals surface area contributed by atoms with Gasteiger partial charge in [0.05, 0.1) is 11.1 Å². The standard InChI is InChI=1S/C20H16BrN5O2/c1-11-16(12-7-9-13(21)10-8-12)18(26(2)25-11)22-20(28)17-14-5-3-4-6-15(14)19(27)24-23-17/h3-10H,1-2H3,(H,22,28)(H,24,27). The number of carbonyl (C=O) groups excluding carboxylic acids is 1. The number of hydrogen-bond acceptors (Lipinski definition) is 4. The van der Waals surface area contributed by atoms with Crippen LogP contribution in [-0.4, -0.2) is 25.9 Å². The number of nitrogens with zero attached hydrogens (tertiary/aromatic N) is 3. The van der Waals surface area contributed by atoms with Crippen molar-refractivity contribution in [1.82, 2.24) is 20.0 Å². The van der Waals surface area contributed by atoms with Gasteiger partial charge in [-0.2, -0.15) is 10.2 Å². The van der Waals surface area contributed by atoms with Crippen LogP contribution in [0.1, 0.15) is 16.2 Å². The van der Waals surface area contributed by atoms with Crippen molar-refractivity contribution in [3.63, 3.8) is 0 Å². The van der Waals surface area contributed by atoms with Crippen LogP contribution in [0.25, 0.3) is 21.9 Å². The van der Waals surface area contributed by atoms with Crippen molar-refractivity contribution in [2.24, 2.45) is 7.05 Å². The first-order chi connectivity index (χ1) is 13.5. The summed E-state index contributed by atoms with van der Waals surface area (Å²) < 4.78 is 2.59. The minimum absolute atomic E-state index is 0.149. The van der Waals surface area contributed by atoms with Gasteiger partial charge in [0.25, 0.3) is 11.5 Å². The van der Waals surface area contributed by atoms with E-state index in [2.05, 4.69) is 36.5 Å². The normalized spacial score (nSPS) is 11.0. The summed E-state index contributed by atoms with van der Waals surface area (Å²) in [5.74, 6) is 0.135. The molecule has 2 aromatic carbocycles. The molecule has 0 spiro atoms. The van der Waals surface area contributed by atoms with Crippen LogP contribution in [-0.2, 0) is 7.05 Å². The molecule has 4 rings (SSSR count). The number of rotatable bonds is 3. The van der Waals surface area contributed by atoms with Crippen LogP contribution < -0.4 is 10.9 Å². The van der Waals surface area contributed by atoms with Gasteiger partial charge >= 0.3 is 0 Å². The number of fused-ring (bicyclic) bond motifs is 1. The van der Waals surface area contributed by atoms with Crippen molar-refractivity contribution >= 4 is 38.4 Å². The van der Waals surface area contributed by atoms with Crippen LogP contribution in [0.3, 0.4) is 0 Å². The highest BCUT2D eigenvalue weighted by Crippen LogP contribution is 2.32. The summed E-state index contributed by atoms with van der Waals surface area (Å²) in [6, 6.07) is 14.7. The second-order valence-electron chi connectivity index (χ2n) is 6.34. The molecule has 140 valence electrons. The lowest BCUT2D eigenvalue weighted by molar-refractivity contribution is 0.102. The maximum atomic E-state index is 13.0. The predicted molar refractivity (Wildman–Crippen MR) is 111 cm³/mol. The topological polar surface area (TPSA) is 92.7 Å². The minimum Gasteiger partial charge on any atom is -0.305 e. The fraction of sp³-hybridized carbons (Fsp3) is 0.100. The average molecular weight is 438 g/mol. The second-order valence-corrected chi connectivity index (χ2v) is 7.26. The Morgan fingerprint density at radius 3 is 2.50 bits per heavy atom. The summed E-state index contributed by atoms with van der Waals surface area (Å²) in [7, 11) is 1.77. The van der Waals surface area contributed by atoms with Crippen LogP contribution in [0, 0.1) is 6.92 Å². The summed E-state index contributed by atoms with van der Waals surface area (Å²) in [4.78, 5) is 25.0. The summed E-state index contributed by atoms with van der Waals surface area (Å²) in [6.45, 7) is 1.89. The van der Waals surface area contributed by atoms with E-state index in [1.807, 2.05) is 31.2 Å². The smallest absolute Gasteiger partial charge is 0.277 e. The zero-order valence-electron chi connectivity index (χ0n) is 15.2. The fourth-order valence-electron chi connectivity index (χ4n) is 3.22. The lowest BCUT2D eigenvalue weighted by Crippen LogP contribution is -2.20. The van der Waals surface area contributed by atoms with E-state index in [0.717, 1.165) is 21.3 Å². The number of H-pyrrole nitrogens is 1. The van der Waals surface area contributed by atoms with Crippen LogP contribution in [0.5, 0.6) is 0 Å². The van der Waals surface area contributed by atoms with Gasteiger partial charge in [0.2, 0.25) is 0 Å². The third-order valence-electron chi connectivity index (χ3n) is 4.50. The maximum Gasteiger partial charge on any atom is 0.277 e. The molecule has 0 aliphatic heterocycles. The highest BCUT2D eigenvalue weighted by atomic mass is 79.9. The molecule has 0 atom stereocenters. The van der Waals surface area contributed by atoms with Gasteiger partial charge < -0.3 is 5.32 Å². The van der Waals surface area contributed by atoms with Crippen LogP contribution in [0.2, 0.25) is 0 Å². The van der Waals surface area contributed by atoms with Crippen molar-refractivity contribution in [3.8, 4) is 11.1 Å². The number of carbonyl (C=O) groups is 1. The SMILES string of the molecule is Cc1nn(C)c(NC(=O)c2n[nH]c(=O)c3ccccc23)c1-c1ccc(Br)cc1. The third-order valence-corrected chi connectivity index (χ3v) is 5.03. The molecule has 0 aliphatic rings. The number of aromatic amines is 1. The van der Waals surface area contributed by atoms with Crippen LogP contribution in [0.15, 0.2) is 57.8 Å². The number of halogens is 1. The number of anilines is 1. The first kappa shape index (κ1) is 18.1. The lowest BCUT2D eigenvalue weighted by Gasteiger charge is -2.10. The number of hydrogen-bond donors (Lipinski definition) is 2. The quantitative estimate of drug-likeness (QED) is 0.511. The van der Waals surface area contributed by atoms with E-state index < -0.39 is 5.91 Å². The molecule has 0 aliphatic carbocycles. The Morgan fingerprint density at radius 2 is 1.79 bits per heavy atom. The van der Waals surface area contributed by atoms with Gasteiger partial charge in [0.1, 0.15) is 5.82 Å². The largest absolute Gasteiger partial charge is 0.305 e. The van der Waals surface area contributed by atoms with Gasteiger partial charge in [-0.05, 0) is 30.7 Å². The number of amides is 1. The fourth-order valence-corrected chi connectivity index (χ4v) is 3.48. The van der Waals surface area contributed by atoms with Crippen molar-refractivity contribution in [1.29, 1.82) is 0 Å². The number of aromatic nitrogens is 4. The number of aryl methyl sites for hydroxylation is 2. The summed E-state index contributed by atoms with van der Waals surface area (Å²) in [5, 5.41) is 14.6. The van der Waals surface area contributed by atoms with Crippen molar-refractivity contribution in [2.75, 3.05) is 5.32 Å². The average Bonchev–Trinajstić information content (AvgIpc) is 2.96. The van der Waals surface area contributed by atoms with Gasteiger partial charge in [0.15, 0.2) is 5.69 Å². The molecule has 0 radical (unpaired) electrons. The van der Waals surface area contributed by atoms with Gasteiger partial charge in [-0.3, -0.25) is 14.3 Å². The Bertz CT molecular complexity index is 1260. The highest BCUT2D eigenvalue weighted by Gasteiger charge is 2.20. The van der Waals surface area contributed by atoms with Crippen LogP contribution in [0.4, 0.5) is 5.82 Å². The van der Waals surface area contributed by atoms with E-state index in [1.54, 1.807) is 36.0 Å². The highest BCUT2D eigenvalue weighted by molar-refractivity contribution is 9.10. The zero-order valence-corrected chi connectivity index (χ0v) is 16.7. The number of nitrogens with one attached hydrogen (secondary N) is 2. The third kappa shape index (κ3) is 3.11.